The number of aromatic nitrogens is 4. The van der Waals surface area contributed by atoms with Crippen molar-refractivity contribution in [2.75, 3.05) is 13.1 Å². The van der Waals surface area contributed by atoms with Gasteiger partial charge in [-0.05, 0) is 37.5 Å². The van der Waals surface area contributed by atoms with Crippen LogP contribution in [0.3, 0.4) is 0 Å². The lowest BCUT2D eigenvalue weighted by Gasteiger charge is -2.18. The molecule has 0 saturated carbocycles. The largest absolute Gasteiger partial charge is 0.351 e. The Morgan fingerprint density at radius 3 is 2.72 bits per heavy atom. The summed E-state index contributed by atoms with van der Waals surface area (Å²) in [5.41, 5.74) is 2.29. The maximum Gasteiger partial charge on any atom is 0.233 e. The predicted molar refractivity (Wildman–Crippen MR) is 127 cm³/mol. The number of thioether (sulfide) groups is 1. The van der Waals surface area contributed by atoms with E-state index in [1.807, 2.05) is 25.1 Å². The molecule has 1 saturated heterocycles. The molecule has 1 fully saturated rings. The second-order valence-corrected chi connectivity index (χ2v) is 9.48. The maximum absolute atomic E-state index is 12.9. The lowest BCUT2D eigenvalue weighted by atomic mass is 10.2. The van der Waals surface area contributed by atoms with Crippen LogP contribution in [0.25, 0.3) is 11.4 Å². The summed E-state index contributed by atoms with van der Waals surface area (Å²) in [7, 11) is 0. The van der Waals surface area contributed by atoms with Crippen LogP contribution in [0.2, 0.25) is 0 Å². The van der Waals surface area contributed by atoms with E-state index in [0.717, 1.165) is 55.6 Å². The highest BCUT2D eigenvalue weighted by Crippen LogP contribution is 2.27. The standard InChI is InChI=1S/C24H30N6OS/c1-3-14-30-22(20-9-12-25-13-10-20)27-28-24(30)32-18(2)23(31)26-21-11-15-29(17-21)16-19-7-5-4-6-8-19/h4-10,12-13,18,21H,3,11,14-17H2,1-2H3,(H,26,31). The molecule has 1 aromatic carbocycles. The number of nitrogens with one attached hydrogen (secondary N) is 1. The zero-order valence-corrected chi connectivity index (χ0v) is 19.5. The first-order valence-corrected chi connectivity index (χ1v) is 12.1. The van der Waals surface area contributed by atoms with Crippen molar-refractivity contribution in [2.45, 2.75) is 56.2 Å². The smallest absolute Gasteiger partial charge is 0.233 e. The number of hydrogen-bond donors (Lipinski definition) is 1. The van der Waals surface area contributed by atoms with Crippen LogP contribution >= 0.6 is 11.8 Å². The second kappa shape index (κ2) is 10.7. The van der Waals surface area contributed by atoms with E-state index >= 15 is 0 Å². The fraction of sp³-hybridized carbons (Fsp3) is 0.417. The Morgan fingerprint density at radius 1 is 1.19 bits per heavy atom. The topological polar surface area (TPSA) is 75.9 Å². The molecule has 2 atom stereocenters. The summed E-state index contributed by atoms with van der Waals surface area (Å²) in [5, 5.41) is 12.6. The van der Waals surface area contributed by atoms with Gasteiger partial charge < -0.3 is 9.88 Å². The van der Waals surface area contributed by atoms with Crippen molar-refractivity contribution in [3.8, 4) is 11.4 Å². The van der Waals surface area contributed by atoms with Crippen LogP contribution < -0.4 is 5.32 Å². The molecule has 1 aliphatic heterocycles. The molecule has 1 aliphatic rings. The molecular formula is C24H30N6OS. The van der Waals surface area contributed by atoms with Gasteiger partial charge in [-0.15, -0.1) is 10.2 Å². The minimum atomic E-state index is -0.247. The Bertz CT molecular complexity index is 1010. The van der Waals surface area contributed by atoms with Gasteiger partial charge in [0, 0.05) is 50.2 Å². The summed E-state index contributed by atoms with van der Waals surface area (Å²) in [5.74, 6) is 0.870. The quantitative estimate of drug-likeness (QED) is 0.502. The van der Waals surface area contributed by atoms with Crippen LogP contribution in [0.15, 0.2) is 60.0 Å². The first kappa shape index (κ1) is 22.5. The molecule has 0 radical (unpaired) electrons. The molecule has 0 aliphatic carbocycles. The average Bonchev–Trinajstić information content (AvgIpc) is 3.42. The van der Waals surface area contributed by atoms with E-state index in [1.165, 1.54) is 17.3 Å². The Balaban J connectivity index is 1.34. The van der Waals surface area contributed by atoms with Crippen molar-refractivity contribution >= 4 is 17.7 Å². The van der Waals surface area contributed by atoms with Crippen LogP contribution in [-0.4, -0.2) is 54.9 Å². The van der Waals surface area contributed by atoms with Crippen LogP contribution in [0.4, 0.5) is 0 Å². The van der Waals surface area contributed by atoms with Gasteiger partial charge in [0.05, 0.1) is 5.25 Å². The van der Waals surface area contributed by atoms with Crippen LogP contribution in [0.1, 0.15) is 32.3 Å². The Hall–Kier alpha value is -2.71. The molecule has 0 spiro atoms. The Kier molecular flexibility index (Phi) is 7.55. The molecule has 168 valence electrons. The summed E-state index contributed by atoms with van der Waals surface area (Å²) in [6, 6.07) is 14.5. The van der Waals surface area contributed by atoms with Crippen molar-refractivity contribution in [3.05, 3.63) is 60.4 Å². The van der Waals surface area contributed by atoms with E-state index in [2.05, 4.69) is 61.2 Å². The van der Waals surface area contributed by atoms with Gasteiger partial charge in [-0.2, -0.15) is 0 Å². The Labute approximate surface area is 193 Å². The first-order valence-electron chi connectivity index (χ1n) is 11.2. The molecule has 3 aromatic rings. The lowest BCUT2D eigenvalue weighted by Crippen LogP contribution is -2.40. The van der Waals surface area contributed by atoms with E-state index in [1.54, 1.807) is 12.4 Å². The normalized spacial score (nSPS) is 17.4. The first-order chi connectivity index (χ1) is 15.6. The number of amides is 1. The molecule has 8 heteroatoms. The fourth-order valence-electron chi connectivity index (χ4n) is 3.98. The number of pyridine rings is 1. The molecule has 32 heavy (non-hydrogen) atoms. The lowest BCUT2D eigenvalue weighted by molar-refractivity contribution is -0.120. The van der Waals surface area contributed by atoms with Crippen molar-refractivity contribution < 1.29 is 4.79 Å². The maximum atomic E-state index is 12.9. The number of benzene rings is 1. The monoisotopic (exact) mass is 450 g/mol. The van der Waals surface area contributed by atoms with Crippen LogP contribution in [0, 0.1) is 0 Å². The van der Waals surface area contributed by atoms with E-state index in [0.29, 0.717) is 0 Å². The SMILES string of the molecule is CCCn1c(SC(C)C(=O)NC2CCN(Cc3ccccc3)C2)nnc1-c1ccncc1. The van der Waals surface area contributed by atoms with Gasteiger partial charge in [-0.3, -0.25) is 14.7 Å². The number of rotatable bonds is 9. The number of carbonyl (C=O) groups is 1. The van der Waals surface area contributed by atoms with Crippen LogP contribution in [0.5, 0.6) is 0 Å². The average molecular weight is 451 g/mol. The van der Waals surface area contributed by atoms with Crippen molar-refractivity contribution in [1.29, 1.82) is 0 Å². The van der Waals surface area contributed by atoms with E-state index in [9.17, 15) is 4.79 Å². The minimum Gasteiger partial charge on any atom is -0.351 e. The molecule has 3 heterocycles. The summed E-state index contributed by atoms with van der Waals surface area (Å²) in [4.78, 5) is 19.4. The highest BCUT2D eigenvalue weighted by Gasteiger charge is 2.27. The van der Waals surface area contributed by atoms with Gasteiger partial charge in [-0.1, -0.05) is 49.0 Å². The summed E-state index contributed by atoms with van der Waals surface area (Å²) >= 11 is 1.47. The summed E-state index contributed by atoms with van der Waals surface area (Å²) < 4.78 is 2.10. The predicted octanol–water partition coefficient (Wildman–Crippen LogP) is 3.62. The minimum absolute atomic E-state index is 0.0538. The van der Waals surface area contributed by atoms with Gasteiger partial charge in [0.25, 0.3) is 0 Å². The van der Waals surface area contributed by atoms with Crippen molar-refractivity contribution in [2.24, 2.45) is 0 Å². The highest BCUT2D eigenvalue weighted by molar-refractivity contribution is 8.00. The second-order valence-electron chi connectivity index (χ2n) is 8.17. The number of nitrogens with zero attached hydrogens (tertiary/aromatic N) is 5. The third kappa shape index (κ3) is 5.55. The van der Waals surface area contributed by atoms with Crippen molar-refractivity contribution in [1.82, 2.24) is 30.0 Å². The number of likely N-dealkylation sites (tertiary alicyclic amines) is 1. The van der Waals surface area contributed by atoms with Gasteiger partial charge in [-0.25, -0.2) is 0 Å². The van der Waals surface area contributed by atoms with Gasteiger partial charge in [0.1, 0.15) is 0 Å². The third-order valence-corrected chi connectivity index (χ3v) is 6.70. The van der Waals surface area contributed by atoms with Gasteiger partial charge >= 0.3 is 0 Å². The zero-order valence-electron chi connectivity index (χ0n) is 18.6. The molecule has 4 rings (SSSR count). The van der Waals surface area contributed by atoms with Gasteiger partial charge in [0.2, 0.25) is 5.91 Å². The molecule has 1 N–H and O–H groups in total. The molecule has 0 bridgehead atoms. The van der Waals surface area contributed by atoms with Crippen LogP contribution in [-0.2, 0) is 17.9 Å². The number of carbonyl (C=O) groups excluding carboxylic acids is 1. The molecule has 1 amide bonds. The molecule has 2 aromatic heterocycles. The fourth-order valence-corrected chi connectivity index (χ4v) is 4.87. The van der Waals surface area contributed by atoms with E-state index < -0.39 is 0 Å². The summed E-state index contributed by atoms with van der Waals surface area (Å²) in [6.07, 6.45) is 5.45. The highest BCUT2D eigenvalue weighted by atomic mass is 32.2. The van der Waals surface area contributed by atoms with E-state index in [-0.39, 0.29) is 17.2 Å². The Morgan fingerprint density at radius 2 is 1.97 bits per heavy atom. The van der Waals surface area contributed by atoms with E-state index in [4.69, 9.17) is 0 Å². The molecule has 2 unspecified atom stereocenters. The third-order valence-electron chi connectivity index (χ3n) is 5.62. The number of hydrogen-bond acceptors (Lipinski definition) is 6. The molecular weight excluding hydrogens is 420 g/mol. The zero-order chi connectivity index (χ0) is 22.3. The summed E-state index contributed by atoms with van der Waals surface area (Å²) in [6.45, 7) is 7.68. The molecule has 7 nitrogen and oxygen atoms in total. The van der Waals surface area contributed by atoms with Gasteiger partial charge in [0.15, 0.2) is 11.0 Å². The van der Waals surface area contributed by atoms with Crippen molar-refractivity contribution in [3.63, 3.8) is 0 Å².